The Morgan fingerprint density at radius 3 is 2.47 bits per heavy atom. The van der Waals surface area contributed by atoms with Gasteiger partial charge in [-0.05, 0) is 25.4 Å². The summed E-state index contributed by atoms with van der Waals surface area (Å²) in [6.07, 6.45) is 0.967. The minimum atomic E-state index is -1.02. The van der Waals surface area contributed by atoms with Crippen LogP contribution in [0.5, 0.6) is 0 Å². The maximum absolute atomic E-state index is 11.9. The molecule has 92 valence electrons. The molecule has 3 atom stereocenters. The van der Waals surface area contributed by atoms with E-state index in [0.29, 0.717) is 12.5 Å². The number of piperidine rings is 1. The van der Waals surface area contributed by atoms with Gasteiger partial charge in [0.25, 0.3) is 0 Å². The molecule has 0 aromatic rings. The van der Waals surface area contributed by atoms with E-state index in [1.165, 1.54) is 4.90 Å². The summed E-state index contributed by atoms with van der Waals surface area (Å²) >= 11 is 0. The van der Waals surface area contributed by atoms with E-state index in [2.05, 4.69) is 5.32 Å². The minimum absolute atomic E-state index is 0.278. The summed E-state index contributed by atoms with van der Waals surface area (Å²) < 4.78 is 0. The summed E-state index contributed by atoms with van der Waals surface area (Å²) in [7, 11) is 0. The standard InChI is InChI=1S/C11H14N2O4/c14-9-6-7(8(6)11(16)17)10(15)13(9)4-5-1-2-12-3-5/h5-8,12H,1-4H2,(H,16,17). The van der Waals surface area contributed by atoms with Crippen molar-refractivity contribution in [1.82, 2.24) is 10.2 Å². The van der Waals surface area contributed by atoms with Crippen LogP contribution in [0.1, 0.15) is 6.42 Å². The predicted octanol–water partition coefficient (Wildman–Crippen LogP) is -1.09. The number of hydrogen-bond donors (Lipinski definition) is 2. The number of likely N-dealkylation sites (tertiary alicyclic amines) is 1. The molecule has 6 heteroatoms. The molecule has 17 heavy (non-hydrogen) atoms. The molecule has 2 saturated heterocycles. The summed E-state index contributed by atoms with van der Waals surface area (Å²) in [5.74, 6) is -3.16. The van der Waals surface area contributed by atoms with Crippen molar-refractivity contribution in [3.8, 4) is 0 Å². The van der Waals surface area contributed by atoms with E-state index < -0.39 is 23.7 Å². The van der Waals surface area contributed by atoms with Crippen LogP contribution in [0.15, 0.2) is 0 Å². The van der Waals surface area contributed by atoms with Gasteiger partial charge in [-0.3, -0.25) is 19.3 Å². The molecule has 1 aliphatic carbocycles. The summed E-state index contributed by atoms with van der Waals surface area (Å²) in [5.41, 5.74) is 0. The van der Waals surface area contributed by atoms with E-state index in [1.807, 2.05) is 0 Å². The molecule has 0 bridgehead atoms. The number of aliphatic carboxylic acids is 1. The van der Waals surface area contributed by atoms with Gasteiger partial charge < -0.3 is 10.4 Å². The number of carbonyl (C=O) groups excluding carboxylic acids is 2. The highest BCUT2D eigenvalue weighted by Gasteiger charge is 2.70. The van der Waals surface area contributed by atoms with Crippen LogP contribution in [-0.4, -0.2) is 47.4 Å². The van der Waals surface area contributed by atoms with E-state index in [-0.39, 0.29) is 11.8 Å². The first kappa shape index (κ1) is 10.7. The fraction of sp³-hybridized carbons (Fsp3) is 0.727. The average Bonchev–Trinajstić information content (AvgIpc) is 2.74. The molecule has 0 aromatic carbocycles. The van der Waals surface area contributed by atoms with Crippen molar-refractivity contribution in [3.63, 3.8) is 0 Å². The van der Waals surface area contributed by atoms with Crippen LogP contribution in [0.3, 0.4) is 0 Å². The number of rotatable bonds is 3. The lowest BCUT2D eigenvalue weighted by molar-refractivity contribution is -0.149. The second-order valence-electron chi connectivity index (χ2n) is 5.06. The Hall–Kier alpha value is -1.43. The maximum atomic E-state index is 11.9. The second kappa shape index (κ2) is 3.53. The minimum Gasteiger partial charge on any atom is -0.481 e. The highest BCUT2D eigenvalue weighted by molar-refractivity contribution is 6.13. The lowest BCUT2D eigenvalue weighted by atomic mass is 10.1. The monoisotopic (exact) mass is 238 g/mol. The highest BCUT2D eigenvalue weighted by atomic mass is 16.4. The number of nitrogens with zero attached hydrogens (tertiary/aromatic N) is 1. The number of nitrogens with one attached hydrogen (secondary N) is 1. The lowest BCUT2D eigenvalue weighted by Gasteiger charge is -2.20. The molecular weight excluding hydrogens is 224 g/mol. The number of carboxylic acids is 1. The molecule has 3 unspecified atom stereocenters. The Labute approximate surface area is 98.0 Å². The smallest absolute Gasteiger partial charge is 0.308 e. The van der Waals surface area contributed by atoms with Gasteiger partial charge in [0.15, 0.2) is 0 Å². The van der Waals surface area contributed by atoms with Crippen molar-refractivity contribution in [2.75, 3.05) is 19.6 Å². The van der Waals surface area contributed by atoms with Gasteiger partial charge in [-0.1, -0.05) is 0 Å². The van der Waals surface area contributed by atoms with Crippen molar-refractivity contribution in [2.45, 2.75) is 6.42 Å². The molecule has 0 radical (unpaired) electrons. The molecule has 2 amide bonds. The number of amides is 2. The van der Waals surface area contributed by atoms with Gasteiger partial charge in [-0.25, -0.2) is 0 Å². The third-order valence-corrected chi connectivity index (χ3v) is 4.01. The first-order chi connectivity index (χ1) is 8.11. The molecule has 1 saturated carbocycles. The molecule has 3 aliphatic rings. The number of carbonyl (C=O) groups is 3. The van der Waals surface area contributed by atoms with Crippen molar-refractivity contribution in [1.29, 1.82) is 0 Å². The molecule has 2 aliphatic heterocycles. The lowest BCUT2D eigenvalue weighted by Crippen LogP contribution is -2.39. The van der Waals surface area contributed by atoms with Crippen LogP contribution >= 0.6 is 0 Å². The second-order valence-corrected chi connectivity index (χ2v) is 5.06. The third kappa shape index (κ3) is 1.47. The fourth-order valence-corrected chi connectivity index (χ4v) is 3.01. The van der Waals surface area contributed by atoms with Gasteiger partial charge >= 0.3 is 5.97 Å². The molecule has 6 nitrogen and oxygen atoms in total. The van der Waals surface area contributed by atoms with Crippen molar-refractivity contribution < 1.29 is 19.5 Å². The number of carboxylic acid groups (broad SMARTS) is 1. The van der Waals surface area contributed by atoms with Crippen LogP contribution in [0, 0.1) is 23.7 Å². The van der Waals surface area contributed by atoms with Gasteiger partial charge in [0.05, 0.1) is 17.8 Å². The summed E-state index contributed by atoms with van der Waals surface area (Å²) in [6.45, 7) is 2.20. The van der Waals surface area contributed by atoms with Gasteiger partial charge in [0.1, 0.15) is 0 Å². The Kier molecular flexibility index (Phi) is 2.22. The predicted molar refractivity (Wildman–Crippen MR) is 55.8 cm³/mol. The normalized spacial score (nSPS) is 39.6. The molecule has 0 spiro atoms. The van der Waals surface area contributed by atoms with E-state index in [9.17, 15) is 14.4 Å². The molecule has 0 aromatic heterocycles. The van der Waals surface area contributed by atoms with Crippen LogP contribution in [-0.2, 0) is 14.4 Å². The van der Waals surface area contributed by atoms with Crippen LogP contribution in [0.2, 0.25) is 0 Å². The fourth-order valence-electron chi connectivity index (χ4n) is 3.01. The summed E-state index contributed by atoms with van der Waals surface area (Å²) in [6, 6.07) is 0. The Balaban J connectivity index is 1.68. The highest BCUT2D eigenvalue weighted by Crippen LogP contribution is 2.53. The quantitative estimate of drug-likeness (QED) is 0.610. The molecular formula is C11H14N2O4. The third-order valence-electron chi connectivity index (χ3n) is 4.01. The van der Waals surface area contributed by atoms with Crippen molar-refractivity contribution in [2.24, 2.45) is 23.7 Å². The van der Waals surface area contributed by atoms with E-state index in [1.54, 1.807) is 0 Å². The Morgan fingerprint density at radius 2 is 2.00 bits per heavy atom. The van der Waals surface area contributed by atoms with Gasteiger partial charge in [0, 0.05) is 6.54 Å². The number of fused-ring (bicyclic) bond motifs is 1. The van der Waals surface area contributed by atoms with E-state index in [4.69, 9.17) is 5.11 Å². The summed E-state index contributed by atoms with van der Waals surface area (Å²) in [4.78, 5) is 35.8. The topological polar surface area (TPSA) is 86.7 Å². The van der Waals surface area contributed by atoms with E-state index >= 15 is 0 Å². The van der Waals surface area contributed by atoms with Crippen LogP contribution < -0.4 is 5.32 Å². The number of imide groups is 1. The Morgan fingerprint density at radius 1 is 1.35 bits per heavy atom. The van der Waals surface area contributed by atoms with Crippen LogP contribution in [0.4, 0.5) is 0 Å². The molecule has 2 heterocycles. The maximum Gasteiger partial charge on any atom is 0.308 e. The largest absolute Gasteiger partial charge is 0.481 e. The van der Waals surface area contributed by atoms with Gasteiger partial charge in [-0.2, -0.15) is 0 Å². The first-order valence-corrected chi connectivity index (χ1v) is 5.90. The van der Waals surface area contributed by atoms with Gasteiger partial charge in [-0.15, -0.1) is 0 Å². The average molecular weight is 238 g/mol. The van der Waals surface area contributed by atoms with Crippen molar-refractivity contribution >= 4 is 17.8 Å². The Bertz CT molecular complexity index is 380. The van der Waals surface area contributed by atoms with Gasteiger partial charge in [0.2, 0.25) is 11.8 Å². The molecule has 3 rings (SSSR count). The zero-order valence-electron chi connectivity index (χ0n) is 9.26. The first-order valence-electron chi connectivity index (χ1n) is 5.90. The number of hydrogen-bond acceptors (Lipinski definition) is 4. The molecule has 3 fully saturated rings. The summed E-state index contributed by atoms with van der Waals surface area (Å²) in [5, 5.41) is 12.0. The zero-order valence-corrected chi connectivity index (χ0v) is 9.26. The SMILES string of the molecule is O=C(O)C1C2C(=O)N(CC3CCNC3)C(=O)C12. The molecule has 2 N–H and O–H groups in total. The van der Waals surface area contributed by atoms with Crippen LogP contribution in [0.25, 0.3) is 0 Å². The zero-order chi connectivity index (χ0) is 12.2. The van der Waals surface area contributed by atoms with E-state index in [0.717, 1.165) is 19.5 Å². The van der Waals surface area contributed by atoms with Crippen molar-refractivity contribution in [3.05, 3.63) is 0 Å².